The average molecular weight is 680 g/mol. The van der Waals surface area contributed by atoms with Gasteiger partial charge in [0.25, 0.3) is 0 Å². The van der Waals surface area contributed by atoms with Crippen LogP contribution in [0.1, 0.15) is 78.1 Å². The maximum absolute atomic E-state index is 12.1. The second-order valence-electron chi connectivity index (χ2n) is 11.0. The molecule has 0 atom stereocenters. The molecule has 0 saturated carbocycles. The Labute approximate surface area is 286 Å². The van der Waals surface area contributed by atoms with Crippen LogP contribution in [0.2, 0.25) is 0 Å². The summed E-state index contributed by atoms with van der Waals surface area (Å²) >= 11 is 0. The normalized spacial score (nSPS) is 12.3. The van der Waals surface area contributed by atoms with Crippen LogP contribution in [-0.4, -0.2) is 36.1 Å². The van der Waals surface area contributed by atoms with E-state index in [1.165, 1.54) is 14.2 Å². The summed E-state index contributed by atoms with van der Waals surface area (Å²) in [6.07, 6.45) is 4.96. The molecule has 2 aliphatic rings. The van der Waals surface area contributed by atoms with Crippen molar-refractivity contribution in [2.75, 3.05) is 14.2 Å². The number of ether oxygens (including phenoxy) is 2. The van der Waals surface area contributed by atoms with E-state index in [1.807, 2.05) is 64.1 Å². The first kappa shape index (κ1) is 36.3. The number of nitrogens with zero attached hydrogens (tertiary/aromatic N) is 4. The van der Waals surface area contributed by atoms with Crippen molar-refractivity contribution in [1.29, 1.82) is 0 Å². The number of aryl methyl sites for hydroxylation is 3. The van der Waals surface area contributed by atoms with Crippen LogP contribution in [-0.2, 0) is 42.6 Å². The van der Waals surface area contributed by atoms with E-state index < -0.39 is 0 Å². The monoisotopic (exact) mass is 679 g/mol. The van der Waals surface area contributed by atoms with Crippen molar-refractivity contribution >= 4 is 62.4 Å². The Hall–Kier alpha value is -4.17. The summed E-state index contributed by atoms with van der Waals surface area (Å²) in [6, 6.07) is 7.87. The van der Waals surface area contributed by atoms with Gasteiger partial charge in [0.15, 0.2) is 0 Å². The van der Waals surface area contributed by atoms with Crippen LogP contribution in [0, 0.1) is 13.8 Å². The fourth-order valence-corrected chi connectivity index (χ4v) is 5.81. The minimum absolute atomic E-state index is 0. The fourth-order valence-electron chi connectivity index (χ4n) is 5.81. The molecule has 0 unspecified atom stereocenters. The van der Waals surface area contributed by atoms with Crippen LogP contribution in [0.25, 0.3) is 50.4 Å². The van der Waals surface area contributed by atoms with Crippen LogP contribution < -0.4 is 22.4 Å². The maximum atomic E-state index is 12.1. The summed E-state index contributed by atoms with van der Waals surface area (Å²) in [4.78, 5) is 44.3. The van der Waals surface area contributed by atoms with E-state index in [-0.39, 0.29) is 54.3 Å². The van der Waals surface area contributed by atoms with Crippen molar-refractivity contribution in [2.24, 2.45) is 0 Å². The molecule has 5 rings (SSSR count). The van der Waals surface area contributed by atoms with Crippen LogP contribution in [0.15, 0.2) is 43.5 Å². The first-order valence-electron chi connectivity index (χ1n) is 14.5. The number of hydrogen-bond donors (Lipinski definition) is 0. The second kappa shape index (κ2) is 14.9. The van der Waals surface area contributed by atoms with Gasteiger partial charge in [0, 0.05) is 18.4 Å². The molecule has 0 spiro atoms. The molecular formula is C36H36ClFeN4O4. The average Bonchev–Trinajstić information content (AvgIpc) is 3.67. The molecule has 0 amide bonds. The predicted octanol–water partition coefficient (Wildman–Crippen LogP) is 3.94. The zero-order valence-corrected chi connectivity index (χ0v) is 28.7. The van der Waals surface area contributed by atoms with E-state index in [0.717, 1.165) is 78.2 Å². The molecule has 1 radical (unpaired) electrons. The molecule has 5 heterocycles. The third-order valence-corrected chi connectivity index (χ3v) is 8.50. The Bertz CT molecular complexity index is 1970. The molecule has 8 nitrogen and oxygen atoms in total. The topological polar surface area (TPSA) is 107 Å². The van der Waals surface area contributed by atoms with Gasteiger partial charge < -0.3 is 31.8 Å². The number of hydrogen-bond acceptors (Lipinski definition) is 6. The number of methoxy groups -OCH3 is 2. The number of esters is 2. The van der Waals surface area contributed by atoms with E-state index in [2.05, 4.69) is 13.2 Å². The van der Waals surface area contributed by atoms with Crippen molar-refractivity contribution < 1.29 is 48.5 Å². The standard InChI is InChI=1S/C36H36N4O4.ClH.Fe/c1-9-23-19(3)27-15-28-21(5)25(11-13-35(41)43-7)33(39-28)18-34-26(12-14-36(42)44-8)22(6)30(40-34)17-32-24(10-2)20(4)29(38-32)16-31(23)37-27;;/h9-10,15-18H,1-2,11-14H2,3-8H3;1H;/q-2;;+3/p-1. The van der Waals surface area contributed by atoms with Crippen molar-refractivity contribution in [3.63, 3.8) is 0 Å². The zero-order valence-electron chi connectivity index (χ0n) is 26.9. The Morgan fingerprint density at radius 3 is 1.87 bits per heavy atom. The van der Waals surface area contributed by atoms with Gasteiger partial charge in [0.05, 0.1) is 37.0 Å². The number of rotatable bonds is 8. The van der Waals surface area contributed by atoms with Gasteiger partial charge in [-0.25, -0.2) is 9.97 Å². The second-order valence-corrected chi connectivity index (χ2v) is 11.0. The molecule has 0 aromatic carbocycles. The molecule has 3 aromatic rings. The van der Waals surface area contributed by atoms with E-state index in [1.54, 1.807) is 0 Å². The number of aromatic nitrogens is 4. The molecule has 0 N–H and O–H groups in total. The molecule has 2 aliphatic heterocycles. The minimum Gasteiger partial charge on any atom is -1.00 e. The summed E-state index contributed by atoms with van der Waals surface area (Å²) in [6.45, 7) is 16.2. The summed E-state index contributed by atoms with van der Waals surface area (Å²) in [5, 5.41) is 0. The third kappa shape index (κ3) is 6.82. The van der Waals surface area contributed by atoms with Crippen molar-refractivity contribution in [1.82, 2.24) is 19.9 Å². The number of fused-ring (bicyclic) bond motifs is 8. The number of carbonyl (C=O) groups excluding carboxylic acids is 2. The summed E-state index contributed by atoms with van der Waals surface area (Å²) in [5.74, 6) is -0.589. The van der Waals surface area contributed by atoms with Crippen molar-refractivity contribution in [3.8, 4) is 0 Å². The molecule has 10 heteroatoms. The molecule has 3 aromatic heterocycles. The van der Waals surface area contributed by atoms with Crippen LogP contribution >= 0.6 is 0 Å². The summed E-state index contributed by atoms with van der Waals surface area (Å²) in [7, 11) is 2.78. The number of halogens is 1. The van der Waals surface area contributed by atoms with E-state index in [9.17, 15) is 9.59 Å². The first-order chi connectivity index (χ1) is 21.1. The van der Waals surface area contributed by atoms with Gasteiger partial charge in [-0.1, -0.05) is 66.3 Å². The quantitative estimate of drug-likeness (QED) is 0.261. The predicted molar refractivity (Wildman–Crippen MR) is 175 cm³/mol. The molecule has 239 valence electrons. The van der Waals surface area contributed by atoms with Gasteiger partial charge in [0.2, 0.25) is 0 Å². The molecule has 8 bridgehead atoms. The smallest absolute Gasteiger partial charge is 1.00 e. The van der Waals surface area contributed by atoms with Gasteiger partial charge in [-0.15, -0.1) is 22.1 Å². The Morgan fingerprint density at radius 2 is 1.24 bits per heavy atom. The fraction of sp³-hybridized carbons (Fsp3) is 0.278. The van der Waals surface area contributed by atoms with Gasteiger partial charge in [0.1, 0.15) is 0 Å². The maximum Gasteiger partial charge on any atom is 3.00 e. The molecule has 46 heavy (non-hydrogen) atoms. The van der Waals surface area contributed by atoms with Gasteiger partial charge >= 0.3 is 29.0 Å². The Balaban J connectivity index is 0.00000288. The van der Waals surface area contributed by atoms with Crippen molar-refractivity contribution in [2.45, 2.75) is 53.4 Å². The number of carbonyl (C=O) groups is 2. The minimum atomic E-state index is -0.295. The van der Waals surface area contributed by atoms with Crippen molar-refractivity contribution in [3.05, 3.63) is 88.5 Å². The van der Waals surface area contributed by atoms with Gasteiger partial charge in [-0.2, -0.15) is 0 Å². The molecular weight excluding hydrogens is 644 g/mol. The van der Waals surface area contributed by atoms with Crippen LogP contribution in [0.4, 0.5) is 0 Å². The van der Waals surface area contributed by atoms with Gasteiger partial charge in [-0.05, 0) is 62.8 Å². The Kier molecular flexibility index (Phi) is 11.8. The molecule has 0 saturated heterocycles. The molecule has 0 fully saturated rings. The van der Waals surface area contributed by atoms with Crippen LogP contribution in [0.5, 0.6) is 0 Å². The summed E-state index contributed by atoms with van der Waals surface area (Å²) < 4.78 is 9.86. The van der Waals surface area contributed by atoms with E-state index in [0.29, 0.717) is 24.1 Å². The zero-order chi connectivity index (χ0) is 31.7. The molecule has 0 aliphatic carbocycles. The van der Waals surface area contributed by atoms with Gasteiger partial charge in [-0.3, -0.25) is 9.59 Å². The largest absolute Gasteiger partial charge is 3.00 e. The SMILES string of the molecule is C=CC1=C(C)c2cc3[n-]c(cc4nc(cc5[n-]c(cc1n2)c(C)c5C=C)C(C)=C4CCC(=O)OC)c(CCC(=O)OC)c3C.[Cl-].[Fe+3]. The summed E-state index contributed by atoms with van der Waals surface area (Å²) in [5.41, 5.74) is 13.6. The Morgan fingerprint density at radius 1 is 0.717 bits per heavy atom. The van der Waals surface area contributed by atoms with Crippen LogP contribution in [0.3, 0.4) is 0 Å². The first-order valence-corrected chi connectivity index (χ1v) is 14.5. The number of allylic oxidation sites excluding steroid dienone is 5. The third-order valence-electron chi connectivity index (χ3n) is 8.50. The van der Waals surface area contributed by atoms with E-state index in [4.69, 9.17) is 29.4 Å². The van der Waals surface area contributed by atoms with E-state index >= 15 is 0 Å².